The Balaban J connectivity index is 2.75. The highest BCUT2D eigenvalue weighted by Gasteiger charge is 2.43. The van der Waals surface area contributed by atoms with E-state index in [1.807, 2.05) is 0 Å². The Kier molecular flexibility index (Phi) is 2.94. The van der Waals surface area contributed by atoms with E-state index in [1.165, 1.54) is 0 Å². The van der Waals surface area contributed by atoms with Gasteiger partial charge in [0.2, 0.25) is 0 Å². The minimum absolute atomic E-state index is 0.0361. The summed E-state index contributed by atoms with van der Waals surface area (Å²) in [5.41, 5.74) is 0. The van der Waals surface area contributed by atoms with Gasteiger partial charge in [-0.2, -0.15) is 8.78 Å². The van der Waals surface area contributed by atoms with Crippen LogP contribution in [0.25, 0.3) is 0 Å². The molecular formula is C8H12F2O3S. The average molecular weight is 226 g/mol. The molecule has 1 heterocycles. The summed E-state index contributed by atoms with van der Waals surface area (Å²) in [6, 6.07) is 0. The lowest BCUT2D eigenvalue weighted by atomic mass is 10.1. The van der Waals surface area contributed by atoms with Crippen molar-refractivity contribution in [2.24, 2.45) is 0 Å². The number of hydrogen-bond acceptors (Lipinski definition) is 3. The summed E-state index contributed by atoms with van der Waals surface area (Å²) >= 11 is 0. The van der Waals surface area contributed by atoms with Gasteiger partial charge in [-0.3, -0.25) is 4.79 Å². The third-order valence-corrected chi connectivity index (χ3v) is 4.74. The fraction of sp³-hybridized carbons (Fsp3) is 0.875. The fourth-order valence-corrected chi connectivity index (χ4v) is 3.41. The molecule has 1 saturated heterocycles. The molecule has 1 unspecified atom stereocenters. The molecule has 14 heavy (non-hydrogen) atoms. The normalized spacial score (nSPS) is 26.4. The number of carbonyl (C=O) groups excluding carboxylic acids is 1. The molecule has 0 spiro atoms. The highest BCUT2D eigenvalue weighted by atomic mass is 32.2. The molecule has 1 aliphatic heterocycles. The van der Waals surface area contributed by atoms with Crippen LogP contribution in [0, 0.1) is 0 Å². The minimum Gasteiger partial charge on any atom is -0.293 e. The van der Waals surface area contributed by atoms with Crippen molar-refractivity contribution in [2.45, 2.75) is 37.4 Å². The van der Waals surface area contributed by atoms with Crippen LogP contribution >= 0.6 is 0 Å². The quantitative estimate of drug-likeness (QED) is 0.726. The molecule has 0 aromatic rings. The Labute approximate surface area is 81.4 Å². The topological polar surface area (TPSA) is 51.2 Å². The molecule has 1 atom stereocenters. The van der Waals surface area contributed by atoms with E-state index in [0.717, 1.165) is 6.92 Å². The summed E-state index contributed by atoms with van der Waals surface area (Å²) in [7, 11) is -3.39. The van der Waals surface area contributed by atoms with E-state index in [1.54, 1.807) is 0 Å². The summed E-state index contributed by atoms with van der Waals surface area (Å²) in [5, 5.41) is -1.04. The maximum absolute atomic E-state index is 12.9. The van der Waals surface area contributed by atoms with Crippen molar-refractivity contribution >= 4 is 15.6 Å². The SMILES string of the molecule is CC(=O)C(F)(F)CC1CCCS1(=O)=O. The Morgan fingerprint density at radius 3 is 2.43 bits per heavy atom. The molecule has 6 heteroatoms. The summed E-state index contributed by atoms with van der Waals surface area (Å²) in [5.74, 6) is -4.80. The van der Waals surface area contributed by atoms with Crippen LogP contribution in [0.3, 0.4) is 0 Å². The molecule has 0 aliphatic carbocycles. The van der Waals surface area contributed by atoms with Gasteiger partial charge in [0.15, 0.2) is 15.6 Å². The molecule has 0 N–H and O–H groups in total. The zero-order valence-electron chi connectivity index (χ0n) is 7.79. The maximum atomic E-state index is 12.9. The Morgan fingerprint density at radius 1 is 1.50 bits per heavy atom. The van der Waals surface area contributed by atoms with E-state index >= 15 is 0 Å². The second-order valence-corrected chi connectivity index (χ2v) is 6.00. The second kappa shape index (κ2) is 3.56. The van der Waals surface area contributed by atoms with E-state index in [-0.39, 0.29) is 12.2 Å². The number of halogens is 2. The summed E-state index contributed by atoms with van der Waals surface area (Å²) in [6.07, 6.45) is -0.198. The number of rotatable bonds is 3. The van der Waals surface area contributed by atoms with Crippen LogP contribution in [-0.2, 0) is 14.6 Å². The first kappa shape index (κ1) is 11.6. The predicted molar refractivity (Wildman–Crippen MR) is 47.1 cm³/mol. The molecule has 1 aliphatic rings. The second-order valence-electron chi connectivity index (χ2n) is 3.60. The Hall–Kier alpha value is -0.520. The predicted octanol–water partition coefficient (Wildman–Crippen LogP) is 1.18. The summed E-state index contributed by atoms with van der Waals surface area (Å²) < 4.78 is 48.3. The number of hydrogen-bond donors (Lipinski definition) is 0. The maximum Gasteiger partial charge on any atom is 0.306 e. The van der Waals surface area contributed by atoms with Crippen molar-refractivity contribution in [1.29, 1.82) is 0 Å². The molecule has 0 radical (unpaired) electrons. The number of carbonyl (C=O) groups is 1. The number of Topliss-reactive ketones (excluding diaryl/α,β-unsaturated/α-hetero) is 1. The van der Waals surface area contributed by atoms with Crippen molar-refractivity contribution in [3.8, 4) is 0 Å². The van der Waals surface area contributed by atoms with Crippen LogP contribution < -0.4 is 0 Å². The van der Waals surface area contributed by atoms with Crippen molar-refractivity contribution in [3.05, 3.63) is 0 Å². The van der Waals surface area contributed by atoms with Gasteiger partial charge in [-0.25, -0.2) is 8.42 Å². The molecule has 0 amide bonds. The van der Waals surface area contributed by atoms with Gasteiger partial charge in [-0.05, 0) is 12.8 Å². The van der Waals surface area contributed by atoms with Crippen molar-refractivity contribution < 1.29 is 22.0 Å². The molecule has 1 fully saturated rings. The lowest BCUT2D eigenvalue weighted by Gasteiger charge is -2.16. The molecule has 0 saturated carbocycles. The van der Waals surface area contributed by atoms with E-state index in [0.29, 0.717) is 6.42 Å². The van der Waals surface area contributed by atoms with Crippen LogP contribution in [0.5, 0.6) is 0 Å². The van der Waals surface area contributed by atoms with Crippen molar-refractivity contribution in [3.63, 3.8) is 0 Å². The summed E-state index contributed by atoms with van der Waals surface area (Å²) in [6.45, 7) is 0.779. The lowest BCUT2D eigenvalue weighted by molar-refractivity contribution is -0.141. The third-order valence-electron chi connectivity index (χ3n) is 2.46. The zero-order valence-corrected chi connectivity index (χ0v) is 8.61. The highest BCUT2D eigenvalue weighted by molar-refractivity contribution is 7.92. The van der Waals surface area contributed by atoms with Crippen LogP contribution in [0.1, 0.15) is 26.2 Å². The molecule has 3 nitrogen and oxygen atoms in total. The highest BCUT2D eigenvalue weighted by Crippen LogP contribution is 2.31. The molecular weight excluding hydrogens is 214 g/mol. The molecule has 0 aromatic heterocycles. The van der Waals surface area contributed by atoms with Gasteiger partial charge >= 0.3 is 5.92 Å². The van der Waals surface area contributed by atoms with E-state index in [2.05, 4.69) is 0 Å². The van der Waals surface area contributed by atoms with Gasteiger partial charge in [0.05, 0.1) is 11.0 Å². The number of sulfone groups is 1. The smallest absolute Gasteiger partial charge is 0.293 e. The average Bonchev–Trinajstić information content (AvgIpc) is 2.30. The fourth-order valence-electron chi connectivity index (χ4n) is 1.52. The minimum atomic E-state index is -3.50. The van der Waals surface area contributed by atoms with E-state index in [9.17, 15) is 22.0 Å². The first-order valence-corrected chi connectivity index (χ1v) is 6.08. The van der Waals surface area contributed by atoms with Crippen molar-refractivity contribution in [1.82, 2.24) is 0 Å². The molecule has 82 valence electrons. The first-order chi connectivity index (χ1) is 6.26. The first-order valence-electron chi connectivity index (χ1n) is 4.36. The van der Waals surface area contributed by atoms with Crippen LogP contribution in [0.2, 0.25) is 0 Å². The Bertz CT molecular complexity index is 334. The standard InChI is InChI=1S/C8H12F2O3S/c1-6(11)8(9,10)5-7-3-2-4-14(7,12)13/h7H,2-5H2,1H3. The van der Waals surface area contributed by atoms with Crippen LogP contribution in [0.4, 0.5) is 8.78 Å². The number of alkyl halides is 2. The molecule has 0 aromatic carbocycles. The zero-order chi connectivity index (χ0) is 11.0. The van der Waals surface area contributed by atoms with Crippen molar-refractivity contribution in [2.75, 3.05) is 5.75 Å². The van der Waals surface area contributed by atoms with Crippen LogP contribution in [0.15, 0.2) is 0 Å². The monoisotopic (exact) mass is 226 g/mol. The summed E-state index contributed by atoms with van der Waals surface area (Å²) in [4.78, 5) is 10.5. The molecule has 1 rings (SSSR count). The number of ketones is 1. The van der Waals surface area contributed by atoms with Gasteiger partial charge < -0.3 is 0 Å². The van der Waals surface area contributed by atoms with Crippen LogP contribution in [-0.4, -0.2) is 31.1 Å². The molecule has 0 bridgehead atoms. The lowest BCUT2D eigenvalue weighted by Crippen LogP contribution is -2.33. The Morgan fingerprint density at radius 2 is 2.07 bits per heavy atom. The van der Waals surface area contributed by atoms with E-state index < -0.39 is 33.2 Å². The van der Waals surface area contributed by atoms with E-state index in [4.69, 9.17) is 0 Å². The largest absolute Gasteiger partial charge is 0.306 e. The van der Waals surface area contributed by atoms with Gasteiger partial charge in [0, 0.05) is 13.3 Å². The van der Waals surface area contributed by atoms with Gasteiger partial charge in [-0.15, -0.1) is 0 Å². The van der Waals surface area contributed by atoms with Gasteiger partial charge in [-0.1, -0.05) is 0 Å². The third kappa shape index (κ3) is 2.29. The van der Waals surface area contributed by atoms with Gasteiger partial charge in [0.1, 0.15) is 0 Å². The van der Waals surface area contributed by atoms with Gasteiger partial charge in [0.25, 0.3) is 0 Å².